The molecule has 1 rings (SSSR count). The summed E-state index contributed by atoms with van der Waals surface area (Å²) in [6.45, 7) is 15.5. The van der Waals surface area contributed by atoms with Crippen molar-refractivity contribution in [3.8, 4) is 11.8 Å². The van der Waals surface area contributed by atoms with Crippen LogP contribution in [0.3, 0.4) is 0 Å². The smallest absolute Gasteiger partial charge is 0.450 e. The van der Waals surface area contributed by atoms with Gasteiger partial charge in [-0.15, -0.1) is 0 Å². The SMILES string of the molecule is COC(C)(C)OC/C=C(\C)C#C[C@]1(OC(=O)O)[C@H](C)C[C@@H](OC(C)(C)OC)CC1(C)C. The Morgan fingerprint density at radius 3 is 2.23 bits per heavy atom. The third-order valence-electron chi connectivity index (χ3n) is 6.00. The Hall–Kier alpha value is -1.59. The fourth-order valence-electron chi connectivity index (χ4n) is 3.93. The minimum atomic E-state index is -1.34. The third-order valence-corrected chi connectivity index (χ3v) is 6.00. The molecule has 0 unspecified atom stereocenters. The fraction of sp³-hybridized carbons (Fsp3) is 0.792. The van der Waals surface area contributed by atoms with Gasteiger partial charge in [-0.05, 0) is 65.0 Å². The second-order valence-electron chi connectivity index (χ2n) is 9.72. The van der Waals surface area contributed by atoms with Gasteiger partial charge < -0.3 is 28.8 Å². The van der Waals surface area contributed by atoms with E-state index in [-0.39, 0.29) is 12.0 Å². The van der Waals surface area contributed by atoms with Crippen LogP contribution in [0.5, 0.6) is 0 Å². The molecule has 0 radical (unpaired) electrons. The van der Waals surface area contributed by atoms with E-state index in [0.29, 0.717) is 19.4 Å². The number of carboxylic acid groups (broad SMARTS) is 1. The van der Waals surface area contributed by atoms with E-state index < -0.39 is 28.7 Å². The van der Waals surface area contributed by atoms with E-state index in [1.54, 1.807) is 14.2 Å². The number of ether oxygens (including phenoxy) is 5. The molecule has 0 saturated heterocycles. The lowest BCUT2D eigenvalue weighted by molar-refractivity contribution is -0.250. The fourth-order valence-corrected chi connectivity index (χ4v) is 3.93. The Balaban J connectivity index is 3.16. The zero-order valence-corrected chi connectivity index (χ0v) is 20.8. The molecule has 0 amide bonds. The molecular weight excluding hydrogens is 400 g/mol. The Bertz CT molecular complexity index is 711. The molecule has 1 aliphatic rings. The van der Waals surface area contributed by atoms with Gasteiger partial charge in [0.25, 0.3) is 0 Å². The maximum absolute atomic E-state index is 11.6. The van der Waals surface area contributed by atoms with Gasteiger partial charge in [-0.25, -0.2) is 4.79 Å². The molecule has 1 N–H and O–H groups in total. The van der Waals surface area contributed by atoms with E-state index in [0.717, 1.165) is 5.57 Å². The van der Waals surface area contributed by atoms with Crippen LogP contribution < -0.4 is 0 Å². The van der Waals surface area contributed by atoms with Crippen molar-refractivity contribution in [1.29, 1.82) is 0 Å². The molecule has 0 aromatic rings. The van der Waals surface area contributed by atoms with Gasteiger partial charge in [0.05, 0.1) is 12.7 Å². The van der Waals surface area contributed by atoms with Crippen molar-refractivity contribution in [3.63, 3.8) is 0 Å². The van der Waals surface area contributed by atoms with Crippen LogP contribution in [0.4, 0.5) is 4.79 Å². The van der Waals surface area contributed by atoms with Crippen LogP contribution in [0.2, 0.25) is 0 Å². The Kier molecular flexibility index (Phi) is 9.16. The number of methoxy groups -OCH3 is 2. The normalized spacial score (nSPS) is 26.7. The van der Waals surface area contributed by atoms with Crippen molar-refractivity contribution in [2.24, 2.45) is 11.3 Å². The summed E-state index contributed by atoms with van der Waals surface area (Å²) in [5, 5.41) is 9.50. The zero-order valence-electron chi connectivity index (χ0n) is 20.8. The highest BCUT2D eigenvalue weighted by Gasteiger charge is 2.56. The number of hydrogen-bond acceptors (Lipinski definition) is 6. The van der Waals surface area contributed by atoms with Gasteiger partial charge in [0.1, 0.15) is 0 Å². The molecular formula is C24H40O7. The molecule has 1 aliphatic carbocycles. The van der Waals surface area contributed by atoms with Gasteiger partial charge in [0.15, 0.2) is 17.2 Å². The van der Waals surface area contributed by atoms with Crippen LogP contribution >= 0.6 is 0 Å². The van der Waals surface area contributed by atoms with Crippen LogP contribution in [0.15, 0.2) is 11.6 Å². The van der Waals surface area contributed by atoms with Gasteiger partial charge in [-0.1, -0.05) is 26.7 Å². The highest BCUT2D eigenvalue weighted by atomic mass is 16.7. The van der Waals surface area contributed by atoms with Crippen LogP contribution in [0.25, 0.3) is 0 Å². The molecule has 1 saturated carbocycles. The second kappa shape index (κ2) is 10.4. The van der Waals surface area contributed by atoms with Crippen LogP contribution in [0, 0.1) is 23.2 Å². The minimum Gasteiger partial charge on any atom is -0.450 e. The summed E-state index contributed by atoms with van der Waals surface area (Å²) in [5.41, 5.74) is -0.987. The Labute approximate surface area is 187 Å². The topological polar surface area (TPSA) is 83.5 Å². The van der Waals surface area contributed by atoms with Gasteiger partial charge in [0, 0.05) is 25.6 Å². The molecule has 7 heteroatoms. The summed E-state index contributed by atoms with van der Waals surface area (Å²) in [7, 11) is 3.19. The lowest BCUT2D eigenvalue weighted by atomic mass is 9.60. The van der Waals surface area contributed by atoms with Crippen molar-refractivity contribution in [2.45, 2.75) is 91.5 Å². The minimum absolute atomic E-state index is 0.103. The molecule has 0 spiro atoms. The molecule has 0 heterocycles. The molecule has 0 aromatic heterocycles. The van der Waals surface area contributed by atoms with E-state index in [4.69, 9.17) is 23.7 Å². The first-order chi connectivity index (χ1) is 14.1. The standard InChI is InChI=1S/C24H40O7/c1-17(12-14-29-22(5,6)27-9)11-13-24(31-20(25)26)18(2)15-19(16-21(24,3)4)30-23(7,8)28-10/h12,18-19H,14-16H2,1-10H3,(H,25,26)/b17-12+/t18-,19-,24+/m1/s1. The summed E-state index contributed by atoms with van der Waals surface area (Å²) in [5.74, 6) is 4.66. The van der Waals surface area contributed by atoms with E-state index in [1.807, 2.05) is 61.5 Å². The Morgan fingerprint density at radius 1 is 1.16 bits per heavy atom. The third kappa shape index (κ3) is 7.50. The van der Waals surface area contributed by atoms with E-state index in [2.05, 4.69) is 11.8 Å². The summed E-state index contributed by atoms with van der Waals surface area (Å²) < 4.78 is 27.9. The molecule has 0 bridgehead atoms. The monoisotopic (exact) mass is 440 g/mol. The number of rotatable bonds is 8. The van der Waals surface area contributed by atoms with E-state index in [1.165, 1.54) is 0 Å². The quantitative estimate of drug-likeness (QED) is 0.323. The largest absolute Gasteiger partial charge is 0.507 e. The van der Waals surface area contributed by atoms with Gasteiger partial charge >= 0.3 is 6.16 Å². The van der Waals surface area contributed by atoms with E-state index in [9.17, 15) is 9.90 Å². The lowest BCUT2D eigenvalue weighted by Gasteiger charge is -2.52. The molecule has 31 heavy (non-hydrogen) atoms. The number of hydrogen-bond donors (Lipinski definition) is 1. The molecule has 0 aliphatic heterocycles. The van der Waals surface area contributed by atoms with Crippen LogP contribution in [-0.4, -0.2) is 55.4 Å². The summed E-state index contributed by atoms with van der Waals surface area (Å²) in [4.78, 5) is 11.6. The van der Waals surface area contributed by atoms with Crippen molar-refractivity contribution >= 4 is 6.16 Å². The highest BCUT2D eigenvalue weighted by molar-refractivity contribution is 5.59. The van der Waals surface area contributed by atoms with Gasteiger partial charge in [0.2, 0.25) is 0 Å². The average molecular weight is 441 g/mol. The van der Waals surface area contributed by atoms with Crippen molar-refractivity contribution in [2.75, 3.05) is 20.8 Å². The predicted molar refractivity (Wildman–Crippen MR) is 119 cm³/mol. The van der Waals surface area contributed by atoms with E-state index >= 15 is 0 Å². The number of carbonyl (C=O) groups is 1. The van der Waals surface area contributed by atoms with Crippen molar-refractivity contribution in [3.05, 3.63) is 11.6 Å². The van der Waals surface area contributed by atoms with Crippen LogP contribution in [0.1, 0.15) is 68.2 Å². The summed E-state index contributed by atoms with van der Waals surface area (Å²) >= 11 is 0. The summed E-state index contributed by atoms with van der Waals surface area (Å²) in [6, 6.07) is 0. The first kappa shape index (κ1) is 27.4. The maximum atomic E-state index is 11.6. The number of allylic oxidation sites excluding steroid dienone is 1. The molecule has 3 atom stereocenters. The second-order valence-corrected chi connectivity index (χ2v) is 9.72. The highest BCUT2D eigenvalue weighted by Crippen LogP contribution is 2.50. The lowest BCUT2D eigenvalue weighted by Crippen LogP contribution is -2.58. The van der Waals surface area contributed by atoms with Crippen molar-refractivity contribution in [1.82, 2.24) is 0 Å². The van der Waals surface area contributed by atoms with Gasteiger partial charge in [-0.3, -0.25) is 0 Å². The molecule has 178 valence electrons. The summed E-state index contributed by atoms with van der Waals surface area (Å²) in [6.07, 6.45) is 1.59. The first-order valence-electron chi connectivity index (χ1n) is 10.6. The molecule has 7 nitrogen and oxygen atoms in total. The Morgan fingerprint density at radius 2 is 1.74 bits per heavy atom. The molecule has 0 aromatic carbocycles. The maximum Gasteiger partial charge on any atom is 0.507 e. The predicted octanol–water partition coefficient (Wildman–Crippen LogP) is 4.99. The zero-order chi connectivity index (χ0) is 24.1. The first-order valence-corrected chi connectivity index (χ1v) is 10.6. The average Bonchev–Trinajstić information content (AvgIpc) is 2.62. The van der Waals surface area contributed by atoms with Crippen molar-refractivity contribution < 1.29 is 33.6 Å². The molecule has 1 fully saturated rings. The van der Waals surface area contributed by atoms with Crippen LogP contribution in [-0.2, 0) is 23.7 Å². The van der Waals surface area contributed by atoms with Gasteiger partial charge in [-0.2, -0.15) is 0 Å².